The van der Waals surface area contributed by atoms with Crippen molar-refractivity contribution in [2.75, 3.05) is 0 Å². The molecule has 0 aromatic carbocycles. The van der Waals surface area contributed by atoms with Gasteiger partial charge in [-0.2, -0.15) is 0 Å². The molecule has 0 rings (SSSR count). The third kappa shape index (κ3) is 7.40. The molecule has 0 unspecified atom stereocenters. The zero-order chi connectivity index (χ0) is 19.0. The lowest BCUT2D eigenvalue weighted by Gasteiger charge is -2.26. The summed E-state index contributed by atoms with van der Waals surface area (Å²) in [5.74, 6) is -4.13. The van der Waals surface area contributed by atoms with Gasteiger partial charge in [0.2, 0.25) is 11.8 Å². The summed E-state index contributed by atoms with van der Waals surface area (Å²) in [7, 11) is 0. The second-order valence-corrected chi connectivity index (χ2v) is 6.34. The molecule has 0 saturated carbocycles. The molecule has 0 heterocycles. The summed E-state index contributed by atoms with van der Waals surface area (Å²) in [6.45, 7) is 6.70. The maximum absolute atomic E-state index is 12.3. The van der Waals surface area contributed by atoms with E-state index in [0.29, 0.717) is 0 Å². The quantitative estimate of drug-likeness (QED) is 0.358. The van der Waals surface area contributed by atoms with Gasteiger partial charge < -0.3 is 26.6 Å². The predicted molar refractivity (Wildman–Crippen MR) is 86.0 cm³/mol. The number of nitrogens with two attached hydrogens (primary N) is 1. The van der Waals surface area contributed by atoms with Crippen molar-refractivity contribution in [2.24, 2.45) is 17.6 Å². The third-order valence-corrected chi connectivity index (χ3v) is 3.48. The first-order valence-corrected chi connectivity index (χ1v) is 7.78. The lowest BCUT2D eigenvalue weighted by Crippen LogP contribution is -2.57. The summed E-state index contributed by atoms with van der Waals surface area (Å²) in [4.78, 5) is 46.0. The molecule has 0 aliphatic rings. The lowest BCUT2D eigenvalue weighted by molar-refractivity contribution is -0.143. The summed E-state index contributed by atoms with van der Waals surface area (Å²) in [6.07, 6.45) is -0.321. The van der Waals surface area contributed by atoms with Gasteiger partial charge in [0.1, 0.15) is 12.1 Å². The number of carboxylic acid groups (broad SMARTS) is 2. The van der Waals surface area contributed by atoms with Gasteiger partial charge in [-0.25, -0.2) is 4.79 Å². The van der Waals surface area contributed by atoms with E-state index in [1.165, 1.54) is 0 Å². The SMILES string of the molecule is CC(C)[C@H](NC(=O)[C@@H](NC(=O)[C@@H](N)CCC(=O)O)C(C)C)C(=O)O. The number of hydrogen-bond donors (Lipinski definition) is 5. The van der Waals surface area contributed by atoms with Crippen LogP contribution >= 0.6 is 0 Å². The van der Waals surface area contributed by atoms with Crippen LogP contribution in [0.15, 0.2) is 0 Å². The fourth-order valence-electron chi connectivity index (χ4n) is 1.96. The largest absolute Gasteiger partial charge is 0.481 e. The van der Waals surface area contributed by atoms with Gasteiger partial charge in [0.15, 0.2) is 0 Å². The summed E-state index contributed by atoms with van der Waals surface area (Å²) in [5, 5.41) is 22.6. The van der Waals surface area contributed by atoms with Gasteiger partial charge in [-0.05, 0) is 18.3 Å². The Balaban J connectivity index is 4.90. The second kappa shape index (κ2) is 9.86. The van der Waals surface area contributed by atoms with Crippen molar-refractivity contribution in [1.82, 2.24) is 10.6 Å². The number of carbonyl (C=O) groups excluding carboxylic acids is 2. The first-order valence-electron chi connectivity index (χ1n) is 7.78. The van der Waals surface area contributed by atoms with Crippen LogP contribution in [0.2, 0.25) is 0 Å². The van der Waals surface area contributed by atoms with Crippen LogP contribution in [0.5, 0.6) is 0 Å². The molecule has 0 saturated heterocycles. The number of aliphatic carboxylic acids is 2. The normalized spacial score (nSPS) is 14.8. The molecule has 0 aliphatic carbocycles. The number of carbonyl (C=O) groups is 4. The van der Waals surface area contributed by atoms with Crippen LogP contribution in [-0.4, -0.2) is 52.1 Å². The van der Waals surface area contributed by atoms with E-state index >= 15 is 0 Å². The topological polar surface area (TPSA) is 159 Å². The van der Waals surface area contributed by atoms with Gasteiger partial charge >= 0.3 is 11.9 Å². The van der Waals surface area contributed by atoms with Crippen LogP contribution < -0.4 is 16.4 Å². The summed E-state index contributed by atoms with van der Waals surface area (Å²) < 4.78 is 0. The summed E-state index contributed by atoms with van der Waals surface area (Å²) >= 11 is 0. The molecule has 6 N–H and O–H groups in total. The van der Waals surface area contributed by atoms with Crippen LogP contribution in [0.4, 0.5) is 0 Å². The van der Waals surface area contributed by atoms with E-state index in [2.05, 4.69) is 10.6 Å². The van der Waals surface area contributed by atoms with Gasteiger partial charge in [-0.15, -0.1) is 0 Å². The molecule has 138 valence electrons. The average Bonchev–Trinajstić information content (AvgIpc) is 2.45. The molecular weight excluding hydrogens is 318 g/mol. The van der Waals surface area contributed by atoms with Crippen molar-refractivity contribution in [3.05, 3.63) is 0 Å². The van der Waals surface area contributed by atoms with Crippen molar-refractivity contribution in [3.8, 4) is 0 Å². The highest BCUT2D eigenvalue weighted by atomic mass is 16.4. The van der Waals surface area contributed by atoms with E-state index in [9.17, 15) is 19.2 Å². The first kappa shape index (κ1) is 21.8. The molecule has 9 heteroatoms. The maximum atomic E-state index is 12.3. The molecule has 0 spiro atoms. The summed E-state index contributed by atoms with van der Waals surface area (Å²) in [6, 6.07) is -3.10. The van der Waals surface area contributed by atoms with Crippen molar-refractivity contribution in [2.45, 2.75) is 58.7 Å². The van der Waals surface area contributed by atoms with Crippen LogP contribution in [0.3, 0.4) is 0 Å². The van der Waals surface area contributed by atoms with Crippen molar-refractivity contribution >= 4 is 23.8 Å². The summed E-state index contributed by atoms with van der Waals surface area (Å²) in [5.41, 5.74) is 5.61. The molecule has 24 heavy (non-hydrogen) atoms. The van der Waals surface area contributed by atoms with Gasteiger partial charge in [-0.3, -0.25) is 14.4 Å². The Morgan fingerprint density at radius 1 is 0.875 bits per heavy atom. The molecule has 0 bridgehead atoms. The number of nitrogens with one attached hydrogen (secondary N) is 2. The fraction of sp³-hybridized carbons (Fsp3) is 0.733. The van der Waals surface area contributed by atoms with E-state index in [4.69, 9.17) is 15.9 Å². The highest BCUT2D eigenvalue weighted by molar-refractivity contribution is 5.92. The Morgan fingerprint density at radius 3 is 1.71 bits per heavy atom. The highest BCUT2D eigenvalue weighted by Gasteiger charge is 2.31. The minimum absolute atomic E-state index is 0.0582. The average molecular weight is 345 g/mol. The highest BCUT2D eigenvalue weighted by Crippen LogP contribution is 2.07. The van der Waals surface area contributed by atoms with Crippen LogP contribution in [0.25, 0.3) is 0 Å². The van der Waals surface area contributed by atoms with E-state index in [1.807, 2.05) is 0 Å². The van der Waals surface area contributed by atoms with E-state index in [1.54, 1.807) is 27.7 Å². The second-order valence-electron chi connectivity index (χ2n) is 6.34. The Kier molecular flexibility index (Phi) is 8.97. The van der Waals surface area contributed by atoms with Crippen LogP contribution in [0, 0.1) is 11.8 Å². The van der Waals surface area contributed by atoms with E-state index in [-0.39, 0.29) is 24.7 Å². The van der Waals surface area contributed by atoms with Crippen LogP contribution in [-0.2, 0) is 19.2 Å². The maximum Gasteiger partial charge on any atom is 0.326 e. The molecular formula is C15H27N3O6. The standard InChI is InChI=1S/C15H27N3O6/c1-7(2)11(14(22)18-12(8(3)4)15(23)24)17-13(21)9(16)5-6-10(19)20/h7-9,11-12H,5-6,16H2,1-4H3,(H,17,21)(H,18,22)(H,19,20)(H,23,24)/t9-,11-,12-/m0/s1. The minimum atomic E-state index is -1.16. The molecule has 0 aliphatic heterocycles. The van der Waals surface area contributed by atoms with Gasteiger partial charge in [0.05, 0.1) is 6.04 Å². The number of rotatable bonds is 10. The molecule has 0 aromatic rings. The Hall–Kier alpha value is -2.16. The molecule has 0 aromatic heterocycles. The number of amides is 2. The molecule has 2 amide bonds. The Morgan fingerprint density at radius 2 is 1.33 bits per heavy atom. The predicted octanol–water partition coefficient (Wildman–Crippen LogP) is -0.455. The number of carboxylic acids is 2. The van der Waals surface area contributed by atoms with E-state index in [0.717, 1.165) is 0 Å². The third-order valence-electron chi connectivity index (χ3n) is 3.48. The number of hydrogen-bond acceptors (Lipinski definition) is 5. The Bertz CT molecular complexity index is 478. The van der Waals surface area contributed by atoms with Gasteiger partial charge in [0, 0.05) is 6.42 Å². The Labute approximate surface area is 141 Å². The van der Waals surface area contributed by atoms with Crippen molar-refractivity contribution < 1.29 is 29.4 Å². The molecule has 3 atom stereocenters. The molecule has 0 fully saturated rings. The van der Waals surface area contributed by atoms with Gasteiger partial charge in [0.25, 0.3) is 0 Å². The molecule has 9 nitrogen and oxygen atoms in total. The first-order chi connectivity index (χ1) is 11.0. The minimum Gasteiger partial charge on any atom is -0.481 e. The lowest BCUT2D eigenvalue weighted by atomic mass is 9.99. The monoisotopic (exact) mass is 345 g/mol. The fourth-order valence-corrected chi connectivity index (χ4v) is 1.96. The van der Waals surface area contributed by atoms with Gasteiger partial charge in [-0.1, -0.05) is 27.7 Å². The zero-order valence-corrected chi connectivity index (χ0v) is 14.4. The van der Waals surface area contributed by atoms with Crippen molar-refractivity contribution in [1.29, 1.82) is 0 Å². The smallest absolute Gasteiger partial charge is 0.326 e. The van der Waals surface area contributed by atoms with Crippen LogP contribution in [0.1, 0.15) is 40.5 Å². The van der Waals surface area contributed by atoms with Crippen molar-refractivity contribution in [3.63, 3.8) is 0 Å². The van der Waals surface area contributed by atoms with E-state index < -0.39 is 41.9 Å². The molecule has 0 radical (unpaired) electrons. The zero-order valence-electron chi connectivity index (χ0n) is 14.4.